The molecule has 3 aromatic carbocycles. The molecular formula is C26H24N2O4. The highest BCUT2D eigenvalue weighted by atomic mass is 16.5. The average Bonchev–Trinajstić information content (AvgIpc) is 3.29. The second-order valence-corrected chi connectivity index (χ2v) is 7.85. The van der Waals surface area contributed by atoms with Crippen molar-refractivity contribution in [3.63, 3.8) is 0 Å². The van der Waals surface area contributed by atoms with Crippen molar-refractivity contribution in [2.24, 2.45) is 0 Å². The van der Waals surface area contributed by atoms with E-state index >= 15 is 0 Å². The molecule has 32 heavy (non-hydrogen) atoms. The zero-order valence-electron chi connectivity index (χ0n) is 17.6. The third-order valence-corrected chi connectivity index (χ3v) is 5.67. The maximum Gasteiger partial charge on any atom is 0.260 e. The van der Waals surface area contributed by atoms with E-state index in [4.69, 9.17) is 13.9 Å². The molecule has 6 heteroatoms. The van der Waals surface area contributed by atoms with Crippen LogP contribution in [-0.2, 0) is 4.79 Å². The first kappa shape index (κ1) is 20.1. The van der Waals surface area contributed by atoms with Crippen LogP contribution in [0.4, 0.5) is 0 Å². The normalized spacial score (nSPS) is 14.4. The maximum absolute atomic E-state index is 12.6. The standard InChI is InChI=1S/C26H24N2O4/c29-25(18-30-20-10-12-22(13-11-20)31-21-6-2-1-3-7-21)28-16-14-19(15-17-28)26-27-23-8-4-5-9-24(23)32-26/h1-13,19H,14-18H2. The number of benzene rings is 3. The van der Waals surface area contributed by atoms with Gasteiger partial charge in [-0.3, -0.25) is 4.79 Å². The summed E-state index contributed by atoms with van der Waals surface area (Å²) in [5.41, 5.74) is 1.70. The Morgan fingerprint density at radius 3 is 2.28 bits per heavy atom. The molecule has 162 valence electrons. The third kappa shape index (κ3) is 4.59. The molecule has 1 aromatic heterocycles. The van der Waals surface area contributed by atoms with Crippen molar-refractivity contribution in [3.05, 3.63) is 84.8 Å². The minimum Gasteiger partial charge on any atom is -0.484 e. The molecule has 0 radical (unpaired) electrons. The van der Waals surface area contributed by atoms with E-state index in [0.717, 1.165) is 41.3 Å². The van der Waals surface area contributed by atoms with E-state index in [-0.39, 0.29) is 18.4 Å². The van der Waals surface area contributed by atoms with Crippen LogP contribution >= 0.6 is 0 Å². The number of para-hydroxylation sites is 3. The monoisotopic (exact) mass is 428 g/mol. The molecule has 0 atom stereocenters. The molecule has 0 bridgehead atoms. The van der Waals surface area contributed by atoms with E-state index in [0.29, 0.717) is 18.8 Å². The van der Waals surface area contributed by atoms with Gasteiger partial charge in [-0.25, -0.2) is 4.98 Å². The first-order valence-corrected chi connectivity index (χ1v) is 10.8. The lowest BCUT2D eigenvalue weighted by atomic mass is 9.97. The lowest BCUT2D eigenvalue weighted by Gasteiger charge is -2.30. The van der Waals surface area contributed by atoms with Crippen LogP contribution in [0.15, 0.2) is 83.3 Å². The number of oxazole rings is 1. The van der Waals surface area contributed by atoms with E-state index < -0.39 is 0 Å². The van der Waals surface area contributed by atoms with Gasteiger partial charge in [-0.2, -0.15) is 0 Å². The number of likely N-dealkylation sites (tertiary alicyclic amines) is 1. The van der Waals surface area contributed by atoms with Gasteiger partial charge < -0.3 is 18.8 Å². The Bertz CT molecular complexity index is 1150. The predicted molar refractivity (Wildman–Crippen MR) is 121 cm³/mol. The summed E-state index contributed by atoms with van der Waals surface area (Å²) >= 11 is 0. The van der Waals surface area contributed by atoms with Crippen molar-refractivity contribution in [1.82, 2.24) is 9.88 Å². The molecule has 0 aliphatic carbocycles. The number of aromatic nitrogens is 1. The first-order chi connectivity index (χ1) is 15.7. The summed E-state index contributed by atoms with van der Waals surface area (Å²) < 4.78 is 17.4. The predicted octanol–water partition coefficient (Wildman–Crippen LogP) is 5.41. The van der Waals surface area contributed by atoms with Crippen molar-refractivity contribution in [1.29, 1.82) is 0 Å². The Balaban J connectivity index is 1.10. The van der Waals surface area contributed by atoms with Gasteiger partial charge in [0.2, 0.25) is 0 Å². The van der Waals surface area contributed by atoms with Gasteiger partial charge in [0.05, 0.1) is 0 Å². The number of carbonyl (C=O) groups is 1. The van der Waals surface area contributed by atoms with Crippen molar-refractivity contribution in [2.75, 3.05) is 19.7 Å². The molecule has 1 amide bonds. The fourth-order valence-electron chi connectivity index (χ4n) is 3.91. The van der Waals surface area contributed by atoms with Gasteiger partial charge in [0.25, 0.3) is 5.91 Å². The molecular weight excluding hydrogens is 404 g/mol. The molecule has 5 rings (SSSR count). The Hall–Kier alpha value is -3.80. The zero-order chi connectivity index (χ0) is 21.8. The molecule has 0 unspecified atom stereocenters. The van der Waals surface area contributed by atoms with E-state index in [9.17, 15) is 4.79 Å². The molecule has 4 aromatic rings. The van der Waals surface area contributed by atoms with E-state index in [2.05, 4.69) is 4.98 Å². The first-order valence-electron chi connectivity index (χ1n) is 10.8. The highest BCUT2D eigenvalue weighted by Crippen LogP contribution is 2.30. The maximum atomic E-state index is 12.6. The second-order valence-electron chi connectivity index (χ2n) is 7.85. The number of ether oxygens (including phenoxy) is 2. The Morgan fingerprint density at radius 1 is 0.875 bits per heavy atom. The SMILES string of the molecule is O=C(COc1ccc(Oc2ccccc2)cc1)N1CCC(c2nc3ccccc3o2)CC1. The summed E-state index contributed by atoms with van der Waals surface area (Å²) in [5.74, 6) is 3.14. The Kier molecular flexibility index (Phi) is 5.75. The highest BCUT2D eigenvalue weighted by molar-refractivity contribution is 5.78. The van der Waals surface area contributed by atoms with Crippen LogP contribution in [0.2, 0.25) is 0 Å². The quantitative estimate of drug-likeness (QED) is 0.411. The molecule has 0 saturated carbocycles. The van der Waals surface area contributed by atoms with Gasteiger partial charge in [-0.15, -0.1) is 0 Å². The number of piperidine rings is 1. The highest BCUT2D eigenvalue weighted by Gasteiger charge is 2.27. The van der Waals surface area contributed by atoms with Crippen LogP contribution in [0, 0.1) is 0 Å². The molecule has 1 fully saturated rings. The number of rotatable bonds is 6. The summed E-state index contributed by atoms with van der Waals surface area (Å²) in [5, 5.41) is 0. The number of hydrogen-bond donors (Lipinski definition) is 0. The average molecular weight is 428 g/mol. The van der Waals surface area contributed by atoms with Crippen LogP contribution in [0.1, 0.15) is 24.7 Å². The van der Waals surface area contributed by atoms with E-state index in [1.54, 1.807) is 0 Å². The van der Waals surface area contributed by atoms with E-state index in [1.807, 2.05) is 83.8 Å². The number of hydrogen-bond acceptors (Lipinski definition) is 5. The van der Waals surface area contributed by atoms with Crippen LogP contribution in [-0.4, -0.2) is 35.5 Å². The molecule has 0 N–H and O–H groups in total. The largest absolute Gasteiger partial charge is 0.484 e. The molecule has 1 aliphatic rings. The number of amides is 1. The van der Waals surface area contributed by atoms with Gasteiger partial charge >= 0.3 is 0 Å². The van der Waals surface area contributed by atoms with Crippen molar-refractivity contribution < 1.29 is 18.7 Å². The summed E-state index contributed by atoms with van der Waals surface area (Å²) in [4.78, 5) is 19.1. The minimum absolute atomic E-state index is 0.00868. The van der Waals surface area contributed by atoms with Crippen molar-refractivity contribution in [2.45, 2.75) is 18.8 Å². The van der Waals surface area contributed by atoms with Crippen LogP contribution < -0.4 is 9.47 Å². The van der Waals surface area contributed by atoms with Gasteiger partial charge in [0.15, 0.2) is 18.1 Å². The zero-order valence-corrected chi connectivity index (χ0v) is 17.6. The summed E-state index contributed by atoms with van der Waals surface area (Å²) in [6.45, 7) is 1.37. The second kappa shape index (κ2) is 9.14. The van der Waals surface area contributed by atoms with Gasteiger partial charge in [-0.1, -0.05) is 30.3 Å². The molecule has 1 saturated heterocycles. The van der Waals surface area contributed by atoms with E-state index in [1.165, 1.54) is 0 Å². The topological polar surface area (TPSA) is 64.8 Å². The summed E-state index contributed by atoms with van der Waals surface area (Å²) in [6, 6.07) is 24.7. The Morgan fingerprint density at radius 2 is 1.53 bits per heavy atom. The lowest BCUT2D eigenvalue weighted by Crippen LogP contribution is -2.40. The van der Waals surface area contributed by atoms with Crippen molar-refractivity contribution in [3.8, 4) is 17.2 Å². The van der Waals surface area contributed by atoms with Crippen LogP contribution in [0.3, 0.4) is 0 Å². The lowest BCUT2D eigenvalue weighted by molar-refractivity contribution is -0.134. The third-order valence-electron chi connectivity index (χ3n) is 5.67. The van der Waals surface area contributed by atoms with Gasteiger partial charge in [0.1, 0.15) is 22.8 Å². The minimum atomic E-state index is -0.00868. The number of nitrogens with zero attached hydrogens (tertiary/aromatic N) is 2. The summed E-state index contributed by atoms with van der Waals surface area (Å²) in [7, 11) is 0. The smallest absolute Gasteiger partial charge is 0.260 e. The number of fused-ring (bicyclic) bond motifs is 1. The molecule has 6 nitrogen and oxygen atoms in total. The molecule has 2 heterocycles. The fraction of sp³-hybridized carbons (Fsp3) is 0.231. The number of carbonyl (C=O) groups excluding carboxylic acids is 1. The molecule has 1 aliphatic heterocycles. The van der Waals surface area contributed by atoms with Crippen LogP contribution in [0.25, 0.3) is 11.1 Å². The van der Waals surface area contributed by atoms with Gasteiger partial charge in [0, 0.05) is 19.0 Å². The summed E-state index contributed by atoms with van der Waals surface area (Å²) in [6.07, 6.45) is 1.67. The van der Waals surface area contributed by atoms with Gasteiger partial charge in [-0.05, 0) is 61.4 Å². The van der Waals surface area contributed by atoms with Crippen LogP contribution in [0.5, 0.6) is 17.2 Å². The Labute approximate surface area is 186 Å². The van der Waals surface area contributed by atoms with Crippen molar-refractivity contribution >= 4 is 17.0 Å². The fourth-order valence-corrected chi connectivity index (χ4v) is 3.91. The molecule has 0 spiro atoms.